The highest BCUT2D eigenvalue weighted by atomic mass is 16.2. The number of benzene rings is 2. The van der Waals surface area contributed by atoms with E-state index in [9.17, 15) is 10.1 Å². The van der Waals surface area contributed by atoms with Crippen LogP contribution in [0.1, 0.15) is 76.0 Å². The summed E-state index contributed by atoms with van der Waals surface area (Å²) in [5.41, 5.74) is 7.64. The smallest absolute Gasteiger partial charge is 0.253 e. The zero-order chi connectivity index (χ0) is 32.5. The van der Waals surface area contributed by atoms with Crippen molar-refractivity contribution in [2.45, 2.75) is 63.5 Å². The van der Waals surface area contributed by atoms with Gasteiger partial charge in [0.1, 0.15) is 17.7 Å². The summed E-state index contributed by atoms with van der Waals surface area (Å²) >= 11 is 0. The summed E-state index contributed by atoms with van der Waals surface area (Å²) in [4.78, 5) is 22.4. The monoisotopic (exact) mass is 606 g/mol. The van der Waals surface area contributed by atoms with Crippen LogP contribution >= 0.6 is 0 Å². The molecule has 1 aliphatic heterocycles. The van der Waals surface area contributed by atoms with E-state index in [4.69, 9.17) is 5.10 Å². The second-order valence-electron chi connectivity index (χ2n) is 13.0. The number of nitriles is 1. The quantitative estimate of drug-likeness (QED) is 0.346. The predicted octanol–water partition coefficient (Wildman–Crippen LogP) is 4.65. The third-order valence-corrected chi connectivity index (χ3v) is 9.40. The normalized spacial score (nSPS) is 19.6. The molecule has 5 rings (SSSR count). The first-order valence-corrected chi connectivity index (χ1v) is 15.8. The number of H-pyrrole nitrogens is 1. The Morgan fingerprint density at radius 2 is 1.73 bits per heavy atom. The number of carbonyl (C=O) groups is 1. The van der Waals surface area contributed by atoms with Crippen LogP contribution in [0.3, 0.4) is 0 Å². The zero-order valence-corrected chi connectivity index (χ0v) is 27.6. The highest BCUT2D eigenvalue weighted by Gasteiger charge is 2.45. The average Bonchev–Trinajstić information content (AvgIpc) is 3.67. The number of fused-ring (bicyclic) bond motifs is 2. The highest BCUT2D eigenvalue weighted by molar-refractivity contribution is 5.94. The molecule has 1 saturated heterocycles. The van der Waals surface area contributed by atoms with E-state index in [0.717, 1.165) is 72.0 Å². The molecule has 9 nitrogen and oxygen atoms in total. The number of rotatable bonds is 10. The van der Waals surface area contributed by atoms with Gasteiger partial charge < -0.3 is 25.0 Å². The molecule has 3 aromatic rings. The van der Waals surface area contributed by atoms with E-state index in [0.29, 0.717) is 18.5 Å². The van der Waals surface area contributed by atoms with Crippen molar-refractivity contribution in [2.24, 2.45) is 0 Å². The minimum Gasteiger partial charge on any atom is -0.378 e. The van der Waals surface area contributed by atoms with Gasteiger partial charge in [-0.05, 0) is 92.0 Å². The first-order valence-electron chi connectivity index (χ1n) is 15.8. The molecule has 1 aromatic heterocycles. The highest BCUT2D eigenvalue weighted by Crippen LogP contribution is 2.47. The molecule has 2 aromatic carbocycles. The van der Waals surface area contributed by atoms with Crippen LogP contribution in [0.2, 0.25) is 0 Å². The molecule has 2 N–H and O–H groups in total. The molecule has 0 saturated carbocycles. The SMILES string of the molecule is C=C(c1ccc2c(c1)CCc1cc(C(=O)N(C)C)ccc1C2(C[C@H](C)NCC(=C)N1CCCC1C#N)c1nnc(C)[nH]1)N(C)C. The van der Waals surface area contributed by atoms with Crippen molar-refractivity contribution in [1.29, 1.82) is 5.26 Å². The van der Waals surface area contributed by atoms with Crippen molar-refractivity contribution in [3.8, 4) is 6.07 Å². The molecule has 2 aliphatic rings. The van der Waals surface area contributed by atoms with Crippen molar-refractivity contribution >= 4 is 11.6 Å². The summed E-state index contributed by atoms with van der Waals surface area (Å²) in [6, 6.07) is 15.1. The fraction of sp³-hybridized carbons (Fsp3) is 0.444. The molecule has 2 unspecified atom stereocenters. The number of carbonyl (C=O) groups excluding carboxylic acids is 1. The maximum atomic E-state index is 13.1. The lowest BCUT2D eigenvalue weighted by Gasteiger charge is -2.37. The molecule has 9 heteroatoms. The zero-order valence-electron chi connectivity index (χ0n) is 27.6. The van der Waals surface area contributed by atoms with Crippen molar-refractivity contribution in [3.05, 3.63) is 100 Å². The number of nitrogens with zero attached hydrogens (tertiary/aromatic N) is 6. The predicted molar refractivity (Wildman–Crippen MR) is 179 cm³/mol. The Balaban J connectivity index is 1.63. The van der Waals surface area contributed by atoms with E-state index in [1.807, 2.05) is 32.0 Å². The van der Waals surface area contributed by atoms with E-state index in [-0.39, 0.29) is 18.0 Å². The van der Waals surface area contributed by atoms with E-state index in [2.05, 4.69) is 76.8 Å². The Hall–Kier alpha value is -4.42. The van der Waals surface area contributed by atoms with Crippen LogP contribution in [0.5, 0.6) is 0 Å². The largest absolute Gasteiger partial charge is 0.378 e. The molecule has 1 fully saturated rings. The molecule has 2 heterocycles. The molecule has 1 aliphatic carbocycles. The lowest BCUT2D eigenvalue weighted by molar-refractivity contribution is 0.0827. The summed E-state index contributed by atoms with van der Waals surface area (Å²) in [6.45, 7) is 14.2. The number of aromatic amines is 1. The Bertz CT molecular complexity index is 1570. The van der Waals surface area contributed by atoms with Gasteiger partial charge in [-0.2, -0.15) is 5.26 Å². The average molecular weight is 607 g/mol. The van der Waals surface area contributed by atoms with Crippen molar-refractivity contribution in [3.63, 3.8) is 0 Å². The van der Waals surface area contributed by atoms with Gasteiger partial charge in [-0.25, -0.2) is 0 Å². The Morgan fingerprint density at radius 1 is 1.09 bits per heavy atom. The number of likely N-dealkylation sites (tertiary alicyclic amines) is 1. The summed E-state index contributed by atoms with van der Waals surface area (Å²) in [5.74, 6) is 1.52. The van der Waals surface area contributed by atoms with Gasteiger partial charge in [0, 0.05) is 64.3 Å². The molecular formula is C36H46N8O. The second kappa shape index (κ2) is 12.9. The molecule has 236 valence electrons. The fourth-order valence-corrected chi connectivity index (χ4v) is 6.99. The van der Waals surface area contributed by atoms with E-state index in [1.54, 1.807) is 19.0 Å². The van der Waals surface area contributed by atoms with Gasteiger partial charge in [0.2, 0.25) is 0 Å². The number of nitrogens with one attached hydrogen (secondary N) is 2. The molecule has 0 spiro atoms. The molecule has 45 heavy (non-hydrogen) atoms. The number of aryl methyl sites for hydroxylation is 3. The fourth-order valence-electron chi connectivity index (χ4n) is 6.99. The van der Waals surface area contributed by atoms with Gasteiger partial charge >= 0.3 is 0 Å². The van der Waals surface area contributed by atoms with Crippen molar-refractivity contribution in [1.82, 2.24) is 35.2 Å². The van der Waals surface area contributed by atoms with E-state index >= 15 is 0 Å². The molecular weight excluding hydrogens is 560 g/mol. The lowest BCUT2D eigenvalue weighted by atomic mass is 9.67. The van der Waals surface area contributed by atoms with Crippen LogP contribution in [0, 0.1) is 18.3 Å². The first kappa shape index (κ1) is 32.0. The second-order valence-corrected chi connectivity index (χ2v) is 13.0. The third kappa shape index (κ3) is 6.12. The van der Waals surface area contributed by atoms with Gasteiger partial charge in [-0.15, -0.1) is 10.2 Å². The topological polar surface area (TPSA) is 104 Å². The maximum absolute atomic E-state index is 13.1. The first-order chi connectivity index (χ1) is 21.5. The summed E-state index contributed by atoms with van der Waals surface area (Å²) in [7, 11) is 7.59. The lowest BCUT2D eigenvalue weighted by Crippen LogP contribution is -2.42. The third-order valence-electron chi connectivity index (χ3n) is 9.40. The minimum absolute atomic E-state index is 0.0172. The summed E-state index contributed by atoms with van der Waals surface area (Å²) in [5, 5.41) is 22.6. The van der Waals surface area contributed by atoms with Crippen LogP contribution in [0.15, 0.2) is 55.3 Å². The van der Waals surface area contributed by atoms with Gasteiger partial charge in [0.05, 0.1) is 11.5 Å². The number of hydrogen-bond acceptors (Lipinski definition) is 7. The number of aromatic nitrogens is 3. The van der Waals surface area contributed by atoms with Gasteiger partial charge in [0.15, 0.2) is 0 Å². The molecule has 1 amide bonds. The van der Waals surface area contributed by atoms with E-state index < -0.39 is 5.41 Å². The molecule has 0 bridgehead atoms. The minimum atomic E-state index is -0.670. The molecule has 0 radical (unpaired) electrons. The Morgan fingerprint density at radius 3 is 2.31 bits per heavy atom. The van der Waals surface area contributed by atoms with Crippen LogP contribution in [-0.2, 0) is 18.3 Å². The van der Waals surface area contributed by atoms with Gasteiger partial charge in [-0.1, -0.05) is 31.4 Å². The number of hydrogen-bond donors (Lipinski definition) is 2. The van der Waals surface area contributed by atoms with Crippen LogP contribution in [-0.4, -0.2) is 89.2 Å². The summed E-state index contributed by atoms with van der Waals surface area (Å²) < 4.78 is 0. The summed E-state index contributed by atoms with van der Waals surface area (Å²) in [6.07, 6.45) is 4.18. The van der Waals surface area contributed by atoms with Crippen molar-refractivity contribution < 1.29 is 4.79 Å². The number of amides is 1. The van der Waals surface area contributed by atoms with Gasteiger partial charge in [-0.3, -0.25) is 4.79 Å². The van der Waals surface area contributed by atoms with Crippen LogP contribution < -0.4 is 5.32 Å². The maximum Gasteiger partial charge on any atom is 0.253 e. The van der Waals surface area contributed by atoms with E-state index in [1.165, 1.54) is 11.1 Å². The van der Waals surface area contributed by atoms with Crippen LogP contribution in [0.4, 0.5) is 0 Å². The van der Waals surface area contributed by atoms with Gasteiger partial charge in [0.25, 0.3) is 5.91 Å². The molecule has 3 atom stereocenters. The standard InChI is InChI=1S/C36H46N8O/c1-23(38-22-24(2)44-17-9-10-31(44)21-37)20-36(35-39-26(4)40-41-35)32-15-13-27(25(3)42(5)6)18-28(32)11-12-29-19-30(14-16-33(29)36)34(45)43(7)8/h13-16,18-19,23,31,38H,2-3,9-12,17,20,22H2,1,4-8H3,(H,39,40,41)/t23-,31?,36?/m0/s1. The Kier molecular flexibility index (Phi) is 9.17. The van der Waals surface area contributed by atoms with Crippen molar-refractivity contribution in [2.75, 3.05) is 41.3 Å². The Labute approximate surface area is 267 Å². The van der Waals surface area contributed by atoms with Crippen LogP contribution in [0.25, 0.3) is 5.70 Å².